The fourth-order valence-electron chi connectivity index (χ4n) is 2.99. The van der Waals surface area contributed by atoms with Crippen LogP contribution in [-0.4, -0.2) is 67.4 Å². The van der Waals surface area contributed by atoms with Crippen molar-refractivity contribution in [2.75, 3.05) is 56.7 Å². The second-order valence-electron chi connectivity index (χ2n) is 5.67. The van der Waals surface area contributed by atoms with Crippen LogP contribution in [0.4, 0.5) is 11.8 Å². The first-order chi connectivity index (χ1) is 9.76. The Morgan fingerprint density at radius 1 is 1.35 bits per heavy atom. The Kier molecular flexibility index (Phi) is 4.03. The molecule has 3 rings (SSSR count). The van der Waals surface area contributed by atoms with Crippen molar-refractivity contribution in [2.24, 2.45) is 5.92 Å². The van der Waals surface area contributed by atoms with Gasteiger partial charge >= 0.3 is 0 Å². The molecule has 0 saturated carbocycles. The summed E-state index contributed by atoms with van der Waals surface area (Å²) in [5.74, 6) is 2.26. The number of rotatable bonds is 3. The van der Waals surface area contributed by atoms with Crippen molar-refractivity contribution < 1.29 is 4.74 Å². The number of hydrogen-bond donors (Lipinski definition) is 1. The van der Waals surface area contributed by atoms with Crippen LogP contribution in [0.5, 0.6) is 0 Å². The Morgan fingerprint density at radius 3 is 3.10 bits per heavy atom. The molecule has 0 spiro atoms. The standard InChI is InChI=1S/C14H23N5O/c1-3-15-13-4-5-16-14(17-13)19-7-11-6-18(2)12(8-19)10-20-9-11/h4-5,11-12H,3,6-10H2,1-2H3,(H,15,16,17)/t11-,12+/m1/s1. The number of anilines is 2. The van der Waals surface area contributed by atoms with Crippen LogP contribution in [0, 0.1) is 5.92 Å². The summed E-state index contributed by atoms with van der Waals surface area (Å²) in [6, 6.07) is 2.34. The predicted octanol–water partition coefficient (Wildman–Crippen LogP) is 0.675. The summed E-state index contributed by atoms with van der Waals surface area (Å²) in [7, 11) is 2.19. The van der Waals surface area contributed by atoms with E-state index in [-0.39, 0.29) is 0 Å². The number of ether oxygens (including phenoxy) is 1. The van der Waals surface area contributed by atoms with E-state index in [2.05, 4.69) is 39.1 Å². The summed E-state index contributed by atoms with van der Waals surface area (Å²) in [6.45, 7) is 7.58. The summed E-state index contributed by atoms with van der Waals surface area (Å²) < 4.78 is 5.76. The molecule has 0 aromatic carbocycles. The molecular weight excluding hydrogens is 254 g/mol. The van der Waals surface area contributed by atoms with Gasteiger partial charge in [0.1, 0.15) is 5.82 Å². The maximum atomic E-state index is 5.76. The molecule has 6 heteroatoms. The highest BCUT2D eigenvalue weighted by Gasteiger charge is 2.32. The average molecular weight is 277 g/mol. The zero-order valence-electron chi connectivity index (χ0n) is 12.2. The van der Waals surface area contributed by atoms with Crippen molar-refractivity contribution in [1.29, 1.82) is 0 Å². The van der Waals surface area contributed by atoms with E-state index in [1.54, 1.807) is 0 Å². The van der Waals surface area contributed by atoms with Crippen LogP contribution in [0.2, 0.25) is 0 Å². The van der Waals surface area contributed by atoms with Gasteiger partial charge in [-0.05, 0) is 20.0 Å². The maximum absolute atomic E-state index is 5.76. The molecule has 1 aromatic rings. The Balaban J connectivity index is 1.81. The molecule has 20 heavy (non-hydrogen) atoms. The largest absolute Gasteiger partial charge is 0.379 e. The third-order valence-corrected chi connectivity index (χ3v) is 4.03. The number of likely N-dealkylation sites (N-methyl/N-ethyl adjacent to an activating group) is 1. The number of fused-ring (bicyclic) bond motifs is 3. The number of nitrogens with zero attached hydrogens (tertiary/aromatic N) is 4. The molecule has 2 aliphatic heterocycles. The first-order valence-corrected chi connectivity index (χ1v) is 7.36. The lowest BCUT2D eigenvalue weighted by molar-refractivity contribution is 0.0928. The molecule has 2 bridgehead atoms. The minimum atomic E-state index is 0.425. The minimum absolute atomic E-state index is 0.425. The van der Waals surface area contributed by atoms with Crippen LogP contribution in [0.1, 0.15) is 6.92 Å². The van der Waals surface area contributed by atoms with Crippen molar-refractivity contribution in [2.45, 2.75) is 13.0 Å². The first kappa shape index (κ1) is 13.6. The molecule has 0 radical (unpaired) electrons. The summed E-state index contributed by atoms with van der Waals surface area (Å²) in [5.41, 5.74) is 0. The molecule has 2 saturated heterocycles. The molecule has 1 aromatic heterocycles. The normalized spacial score (nSPS) is 27.2. The van der Waals surface area contributed by atoms with Gasteiger partial charge in [0.05, 0.1) is 19.3 Å². The van der Waals surface area contributed by atoms with E-state index in [1.165, 1.54) is 0 Å². The number of aromatic nitrogens is 2. The van der Waals surface area contributed by atoms with E-state index >= 15 is 0 Å². The van der Waals surface area contributed by atoms with Crippen molar-refractivity contribution in [3.05, 3.63) is 12.3 Å². The quantitative estimate of drug-likeness (QED) is 0.876. The van der Waals surface area contributed by atoms with E-state index in [0.717, 1.165) is 51.2 Å². The van der Waals surface area contributed by atoms with Gasteiger partial charge in [-0.15, -0.1) is 0 Å². The van der Waals surface area contributed by atoms with Gasteiger partial charge in [0.15, 0.2) is 0 Å². The van der Waals surface area contributed by atoms with Gasteiger partial charge in [-0.25, -0.2) is 4.98 Å². The van der Waals surface area contributed by atoms with E-state index in [1.807, 2.05) is 12.3 Å². The second kappa shape index (κ2) is 5.93. The van der Waals surface area contributed by atoms with Gasteiger partial charge in [-0.1, -0.05) is 0 Å². The second-order valence-corrected chi connectivity index (χ2v) is 5.67. The van der Waals surface area contributed by atoms with Crippen LogP contribution in [-0.2, 0) is 4.74 Å². The monoisotopic (exact) mass is 277 g/mol. The molecule has 0 amide bonds. The third-order valence-electron chi connectivity index (χ3n) is 4.03. The van der Waals surface area contributed by atoms with Gasteiger partial charge in [0.25, 0.3) is 0 Å². The number of nitrogens with one attached hydrogen (secondary N) is 1. The Bertz CT molecular complexity index is 455. The van der Waals surface area contributed by atoms with E-state index < -0.39 is 0 Å². The smallest absolute Gasteiger partial charge is 0.227 e. The molecule has 2 atom stereocenters. The van der Waals surface area contributed by atoms with Gasteiger partial charge < -0.3 is 15.0 Å². The summed E-state index contributed by atoms with van der Waals surface area (Å²) in [4.78, 5) is 13.8. The molecule has 6 nitrogen and oxygen atoms in total. The molecule has 110 valence electrons. The Hall–Kier alpha value is -1.40. The van der Waals surface area contributed by atoms with Gasteiger partial charge in [0.2, 0.25) is 5.95 Å². The highest BCUT2D eigenvalue weighted by molar-refractivity contribution is 5.41. The molecule has 2 aliphatic rings. The van der Waals surface area contributed by atoms with E-state index in [9.17, 15) is 0 Å². The van der Waals surface area contributed by atoms with Gasteiger partial charge in [-0.2, -0.15) is 4.98 Å². The van der Waals surface area contributed by atoms with E-state index in [4.69, 9.17) is 4.74 Å². The predicted molar refractivity (Wildman–Crippen MR) is 79.1 cm³/mol. The third kappa shape index (κ3) is 2.86. The fourth-order valence-corrected chi connectivity index (χ4v) is 2.99. The molecule has 3 heterocycles. The van der Waals surface area contributed by atoms with Crippen LogP contribution >= 0.6 is 0 Å². The highest BCUT2D eigenvalue weighted by Crippen LogP contribution is 2.21. The van der Waals surface area contributed by atoms with E-state index in [0.29, 0.717) is 12.0 Å². The van der Waals surface area contributed by atoms with Crippen LogP contribution in [0.3, 0.4) is 0 Å². The number of hydrogen-bond acceptors (Lipinski definition) is 6. The summed E-state index contributed by atoms with van der Waals surface area (Å²) >= 11 is 0. The van der Waals surface area contributed by atoms with Crippen LogP contribution in [0.25, 0.3) is 0 Å². The SMILES string of the molecule is CCNc1ccnc(N2C[C@@H]3COC[C@H](C2)N(C)C3)n1. The van der Waals surface area contributed by atoms with Crippen molar-refractivity contribution >= 4 is 11.8 Å². The Morgan fingerprint density at radius 2 is 2.25 bits per heavy atom. The zero-order chi connectivity index (χ0) is 13.9. The van der Waals surface area contributed by atoms with Crippen molar-refractivity contribution in [3.8, 4) is 0 Å². The lowest BCUT2D eigenvalue weighted by Gasteiger charge is -2.29. The minimum Gasteiger partial charge on any atom is -0.379 e. The van der Waals surface area contributed by atoms with Crippen molar-refractivity contribution in [3.63, 3.8) is 0 Å². The van der Waals surface area contributed by atoms with Crippen molar-refractivity contribution in [1.82, 2.24) is 14.9 Å². The fraction of sp³-hybridized carbons (Fsp3) is 0.714. The summed E-state index contributed by atoms with van der Waals surface area (Å²) in [5, 5.41) is 3.25. The van der Waals surface area contributed by atoms with Gasteiger partial charge in [-0.3, -0.25) is 4.90 Å². The molecule has 1 N–H and O–H groups in total. The lowest BCUT2D eigenvalue weighted by atomic mass is 10.1. The average Bonchev–Trinajstić information content (AvgIpc) is 2.68. The maximum Gasteiger partial charge on any atom is 0.227 e. The molecule has 0 unspecified atom stereocenters. The Labute approximate surface area is 120 Å². The summed E-state index contributed by atoms with van der Waals surface area (Å²) in [6.07, 6.45) is 1.83. The lowest BCUT2D eigenvalue weighted by Crippen LogP contribution is -2.43. The molecule has 0 aliphatic carbocycles. The molecule has 2 fully saturated rings. The molecular formula is C14H23N5O. The first-order valence-electron chi connectivity index (χ1n) is 7.36. The topological polar surface area (TPSA) is 53.5 Å². The van der Waals surface area contributed by atoms with Crippen LogP contribution < -0.4 is 10.2 Å². The highest BCUT2D eigenvalue weighted by atomic mass is 16.5. The van der Waals surface area contributed by atoms with Crippen LogP contribution in [0.15, 0.2) is 12.3 Å². The zero-order valence-corrected chi connectivity index (χ0v) is 12.2. The van der Waals surface area contributed by atoms with Gasteiger partial charge in [0, 0.05) is 38.3 Å².